The van der Waals surface area contributed by atoms with E-state index in [4.69, 9.17) is 5.73 Å². The number of likely N-dealkylation sites (tertiary alicyclic amines) is 1. The molecule has 5 heteroatoms. The van der Waals surface area contributed by atoms with E-state index >= 15 is 0 Å². The number of piperidine rings is 1. The van der Waals surface area contributed by atoms with Gasteiger partial charge in [0.15, 0.2) is 0 Å². The largest absolute Gasteiger partial charge is 0.368 e. The number of nitrogens with zero attached hydrogens (tertiary/aromatic N) is 4. The van der Waals surface area contributed by atoms with Crippen molar-refractivity contribution in [2.24, 2.45) is 0 Å². The lowest BCUT2D eigenvalue weighted by Gasteiger charge is -2.49. The van der Waals surface area contributed by atoms with Gasteiger partial charge in [0.1, 0.15) is 5.82 Å². The molecule has 3 heterocycles. The number of aromatic nitrogens is 2. The number of hydrogen-bond donors (Lipinski definition) is 1. The lowest BCUT2D eigenvalue weighted by Crippen LogP contribution is -2.62. The quantitative estimate of drug-likeness (QED) is 0.925. The van der Waals surface area contributed by atoms with E-state index in [9.17, 15) is 0 Å². The maximum absolute atomic E-state index is 5.85. The number of nitrogen functional groups attached to an aromatic ring is 1. The van der Waals surface area contributed by atoms with Gasteiger partial charge in [0, 0.05) is 31.2 Å². The van der Waals surface area contributed by atoms with Gasteiger partial charge in [-0.1, -0.05) is 20.3 Å². The topological polar surface area (TPSA) is 58.3 Å². The SMILES string of the molecule is CC(C)c1cc(N2CC(N3CCCC[C@H]3C)C2)nc(N)n1. The average Bonchev–Trinajstić information content (AvgIpc) is 2.38. The predicted octanol–water partition coefficient (Wildman–Crippen LogP) is 2.25. The van der Waals surface area contributed by atoms with Crippen molar-refractivity contribution in [3.8, 4) is 0 Å². The van der Waals surface area contributed by atoms with Crippen LogP contribution in [0.25, 0.3) is 0 Å². The van der Waals surface area contributed by atoms with E-state index in [1.165, 1.54) is 25.8 Å². The molecule has 0 aliphatic carbocycles. The van der Waals surface area contributed by atoms with E-state index in [0.29, 0.717) is 17.9 Å². The van der Waals surface area contributed by atoms with Crippen molar-refractivity contribution in [2.75, 3.05) is 30.3 Å². The minimum absolute atomic E-state index is 0.383. The zero-order valence-electron chi connectivity index (χ0n) is 13.4. The van der Waals surface area contributed by atoms with Gasteiger partial charge in [-0.15, -0.1) is 0 Å². The molecule has 1 aromatic heterocycles. The molecule has 116 valence electrons. The minimum atomic E-state index is 0.383. The van der Waals surface area contributed by atoms with Crippen LogP contribution in [-0.4, -0.2) is 46.6 Å². The van der Waals surface area contributed by atoms with Gasteiger partial charge < -0.3 is 10.6 Å². The number of rotatable bonds is 3. The monoisotopic (exact) mass is 289 g/mol. The smallest absolute Gasteiger partial charge is 0.222 e. The molecule has 2 saturated heterocycles. The Kier molecular flexibility index (Phi) is 4.02. The summed E-state index contributed by atoms with van der Waals surface area (Å²) in [5.41, 5.74) is 6.89. The summed E-state index contributed by atoms with van der Waals surface area (Å²) in [6.07, 6.45) is 4.07. The third-order valence-corrected chi connectivity index (χ3v) is 4.85. The highest BCUT2D eigenvalue weighted by Gasteiger charge is 2.35. The van der Waals surface area contributed by atoms with Gasteiger partial charge >= 0.3 is 0 Å². The fourth-order valence-electron chi connectivity index (χ4n) is 3.44. The Morgan fingerprint density at radius 2 is 2.00 bits per heavy atom. The molecule has 2 aliphatic heterocycles. The Morgan fingerprint density at radius 3 is 2.67 bits per heavy atom. The molecule has 0 saturated carbocycles. The van der Waals surface area contributed by atoms with Crippen LogP contribution in [0.1, 0.15) is 51.6 Å². The van der Waals surface area contributed by atoms with E-state index < -0.39 is 0 Å². The van der Waals surface area contributed by atoms with Gasteiger partial charge in [0.2, 0.25) is 5.95 Å². The first-order valence-electron chi connectivity index (χ1n) is 8.19. The Balaban J connectivity index is 1.65. The fourth-order valence-corrected chi connectivity index (χ4v) is 3.44. The highest BCUT2D eigenvalue weighted by molar-refractivity contribution is 5.47. The molecule has 5 nitrogen and oxygen atoms in total. The van der Waals surface area contributed by atoms with Crippen LogP contribution in [0.15, 0.2) is 6.07 Å². The van der Waals surface area contributed by atoms with Gasteiger partial charge in [-0.05, 0) is 32.2 Å². The Bertz CT molecular complexity index is 495. The van der Waals surface area contributed by atoms with Crippen LogP contribution in [0.5, 0.6) is 0 Å². The third-order valence-electron chi connectivity index (χ3n) is 4.85. The second-order valence-electron chi connectivity index (χ2n) is 6.81. The molecular weight excluding hydrogens is 262 g/mol. The number of anilines is 2. The molecular formula is C16H27N5. The van der Waals surface area contributed by atoms with Crippen molar-refractivity contribution < 1.29 is 0 Å². The zero-order valence-corrected chi connectivity index (χ0v) is 13.4. The van der Waals surface area contributed by atoms with E-state index in [2.05, 4.69) is 46.6 Å². The van der Waals surface area contributed by atoms with Gasteiger partial charge in [-0.25, -0.2) is 4.98 Å². The molecule has 0 radical (unpaired) electrons. The van der Waals surface area contributed by atoms with Gasteiger partial charge in [-0.2, -0.15) is 4.98 Å². The van der Waals surface area contributed by atoms with Crippen LogP contribution >= 0.6 is 0 Å². The van der Waals surface area contributed by atoms with Gasteiger partial charge in [-0.3, -0.25) is 4.90 Å². The summed E-state index contributed by atoms with van der Waals surface area (Å²) in [7, 11) is 0. The Morgan fingerprint density at radius 1 is 1.24 bits per heavy atom. The van der Waals surface area contributed by atoms with Crippen molar-refractivity contribution in [2.45, 2.75) is 58.0 Å². The average molecular weight is 289 g/mol. The summed E-state index contributed by atoms with van der Waals surface area (Å²) >= 11 is 0. The minimum Gasteiger partial charge on any atom is -0.368 e. The highest BCUT2D eigenvalue weighted by Crippen LogP contribution is 2.28. The van der Waals surface area contributed by atoms with Crippen LogP contribution in [-0.2, 0) is 0 Å². The first-order valence-corrected chi connectivity index (χ1v) is 8.19. The summed E-state index contributed by atoms with van der Waals surface area (Å²) in [6.45, 7) is 10.0. The maximum Gasteiger partial charge on any atom is 0.222 e. The van der Waals surface area contributed by atoms with E-state index in [0.717, 1.165) is 30.6 Å². The summed E-state index contributed by atoms with van der Waals surface area (Å²) in [4.78, 5) is 13.7. The fraction of sp³-hybridized carbons (Fsp3) is 0.750. The molecule has 2 fully saturated rings. The van der Waals surface area contributed by atoms with E-state index in [-0.39, 0.29) is 0 Å². The number of nitrogens with two attached hydrogens (primary N) is 1. The first kappa shape index (κ1) is 14.6. The number of hydrogen-bond acceptors (Lipinski definition) is 5. The lowest BCUT2D eigenvalue weighted by molar-refractivity contribution is 0.0872. The summed E-state index contributed by atoms with van der Waals surface area (Å²) in [6, 6.07) is 3.50. The maximum atomic E-state index is 5.85. The molecule has 21 heavy (non-hydrogen) atoms. The zero-order chi connectivity index (χ0) is 15.0. The molecule has 1 atom stereocenters. The standard InChI is InChI=1S/C16H27N5/c1-11(2)14-8-15(19-16(17)18-14)20-9-13(10-20)21-7-5-4-6-12(21)3/h8,11-13H,4-7,9-10H2,1-3H3,(H2,17,18,19)/t12-/m1/s1. The summed E-state index contributed by atoms with van der Waals surface area (Å²) in [5.74, 6) is 1.77. The van der Waals surface area contributed by atoms with Crippen LogP contribution in [0.3, 0.4) is 0 Å². The second kappa shape index (κ2) is 5.79. The van der Waals surface area contributed by atoms with Crippen molar-refractivity contribution in [1.29, 1.82) is 0 Å². The summed E-state index contributed by atoms with van der Waals surface area (Å²) in [5, 5.41) is 0. The van der Waals surface area contributed by atoms with Gasteiger partial charge in [0.05, 0.1) is 5.69 Å². The molecule has 0 spiro atoms. The van der Waals surface area contributed by atoms with Crippen LogP contribution in [0.2, 0.25) is 0 Å². The van der Waals surface area contributed by atoms with E-state index in [1.54, 1.807) is 0 Å². The Hall–Kier alpha value is -1.36. The van der Waals surface area contributed by atoms with Crippen molar-refractivity contribution >= 4 is 11.8 Å². The molecule has 0 amide bonds. The van der Waals surface area contributed by atoms with Crippen LogP contribution in [0.4, 0.5) is 11.8 Å². The summed E-state index contributed by atoms with van der Waals surface area (Å²) < 4.78 is 0. The molecule has 1 aromatic rings. The van der Waals surface area contributed by atoms with Crippen LogP contribution < -0.4 is 10.6 Å². The van der Waals surface area contributed by atoms with Crippen molar-refractivity contribution in [3.05, 3.63) is 11.8 Å². The normalized spacial score (nSPS) is 24.4. The molecule has 2 aliphatic rings. The second-order valence-corrected chi connectivity index (χ2v) is 6.81. The molecule has 0 unspecified atom stereocenters. The third kappa shape index (κ3) is 2.98. The van der Waals surface area contributed by atoms with E-state index in [1.807, 2.05) is 0 Å². The molecule has 0 bridgehead atoms. The molecule has 0 aromatic carbocycles. The van der Waals surface area contributed by atoms with Crippen molar-refractivity contribution in [3.63, 3.8) is 0 Å². The van der Waals surface area contributed by atoms with Crippen molar-refractivity contribution in [1.82, 2.24) is 14.9 Å². The lowest BCUT2D eigenvalue weighted by atomic mass is 9.97. The molecule has 2 N–H and O–H groups in total. The van der Waals surface area contributed by atoms with Gasteiger partial charge in [0.25, 0.3) is 0 Å². The van der Waals surface area contributed by atoms with Crippen LogP contribution in [0, 0.1) is 0 Å². The first-order chi connectivity index (χ1) is 10.0. The predicted molar refractivity (Wildman–Crippen MR) is 86.6 cm³/mol. The Labute approximate surface area is 127 Å². The molecule has 3 rings (SSSR count). The highest BCUT2D eigenvalue weighted by atomic mass is 15.3.